The average Bonchev–Trinajstić information content (AvgIpc) is 3.12. The number of aromatic nitrogens is 2. The van der Waals surface area contributed by atoms with Crippen molar-refractivity contribution in [2.75, 3.05) is 6.79 Å². The van der Waals surface area contributed by atoms with E-state index < -0.39 is 4.92 Å². The molecule has 0 aliphatic carbocycles. The first-order chi connectivity index (χ1) is 13.1. The largest absolute Gasteiger partial charge is 0.489 e. The Morgan fingerprint density at radius 2 is 2.07 bits per heavy atom. The molecule has 3 aromatic rings. The highest BCUT2D eigenvalue weighted by molar-refractivity contribution is 5.55. The highest BCUT2D eigenvalue weighted by atomic mass is 16.7. The molecular formula is C18H15N3O6. The number of nitro groups is 1. The summed E-state index contributed by atoms with van der Waals surface area (Å²) in [4.78, 5) is 14.9. The summed E-state index contributed by atoms with van der Waals surface area (Å²) in [6.45, 7) is 2.23. The lowest BCUT2D eigenvalue weighted by atomic mass is 10.1. The van der Waals surface area contributed by atoms with E-state index >= 15 is 0 Å². The van der Waals surface area contributed by atoms with Crippen molar-refractivity contribution < 1.29 is 23.7 Å². The van der Waals surface area contributed by atoms with Gasteiger partial charge in [-0.1, -0.05) is 5.16 Å². The molecule has 1 aromatic heterocycles. The molecule has 1 aliphatic rings. The van der Waals surface area contributed by atoms with Crippen LogP contribution in [-0.4, -0.2) is 21.9 Å². The van der Waals surface area contributed by atoms with Gasteiger partial charge in [0.1, 0.15) is 18.1 Å². The van der Waals surface area contributed by atoms with Crippen LogP contribution in [0.3, 0.4) is 0 Å². The maximum Gasteiger partial charge on any atom is 0.270 e. The third kappa shape index (κ3) is 3.58. The van der Waals surface area contributed by atoms with Gasteiger partial charge >= 0.3 is 0 Å². The van der Waals surface area contributed by atoms with Gasteiger partial charge in [0.15, 0.2) is 6.79 Å². The molecule has 138 valence electrons. The number of ether oxygens (including phenoxy) is 3. The van der Waals surface area contributed by atoms with E-state index in [0.717, 1.165) is 5.56 Å². The maximum atomic E-state index is 11.2. The van der Waals surface area contributed by atoms with E-state index in [0.29, 0.717) is 34.3 Å². The molecule has 0 amide bonds. The van der Waals surface area contributed by atoms with Gasteiger partial charge in [-0.15, -0.1) is 0 Å². The molecule has 4 rings (SSSR count). The fourth-order valence-corrected chi connectivity index (χ4v) is 2.77. The topological polar surface area (TPSA) is 110 Å². The SMILES string of the molecule is Cc1nc(-c2ccc(OCc3cc([N+](=O)[O-])cc4c3OCOC4)cc2)no1. The van der Waals surface area contributed by atoms with E-state index in [9.17, 15) is 10.1 Å². The third-order valence-corrected chi connectivity index (χ3v) is 4.02. The second-order valence-corrected chi connectivity index (χ2v) is 5.91. The van der Waals surface area contributed by atoms with Gasteiger partial charge in [-0.05, 0) is 24.3 Å². The molecule has 2 heterocycles. The molecule has 2 aromatic carbocycles. The summed E-state index contributed by atoms with van der Waals surface area (Å²) in [5.74, 6) is 2.17. The lowest BCUT2D eigenvalue weighted by molar-refractivity contribution is -0.385. The van der Waals surface area contributed by atoms with Crippen LogP contribution >= 0.6 is 0 Å². The van der Waals surface area contributed by atoms with Gasteiger partial charge < -0.3 is 18.7 Å². The lowest BCUT2D eigenvalue weighted by Crippen LogP contribution is -2.14. The van der Waals surface area contributed by atoms with Crippen molar-refractivity contribution in [3.05, 3.63) is 63.5 Å². The summed E-state index contributed by atoms with van der Waals surface area (Å²) < 4.78 is 21.5. The summed E-state index contributed by atoms with van der Waals surface area (Å²) in [6, 6.07) is 10.1. The minimum absolute atomic E-state index is 0.0238. The molecule has 0 atom stereocenters. The lowest BCUT2D eigenvalue weighted by Gasteiger charge is -2.20. The predicted molar refractivity (Wildman–Crippen MR) is 92.2 cm³/mol. The number of aryl methyl sites for hydroxylation is 1. The van der Waals surface area contributed by atoms with E-state index in [1.165, 1.54) is 12.1 Å². The van der Waals surface area contributed by atoms with Gasteiger partial charge in [0.05, 0.1) is 11.5 Å². The third-order valence-electron chi connectivity index (χ3n) is 4.02. The molecule has 0 radical (unpaired) electrons. The maximum absolute atomic E-state index is 11.2. The van der Waals surface area contributed by atoms with Crippen molar-refractivity contribution in [2.24, 2.45) is 0 Å². The first kappa shape index (κ1) is 17.0. The van der Waals surface area contributed by atoms with Crippen molar-refractivity contribution in [3.63, 3.8) is 0 Å². The molecule has 9 nitrogen and oxygen atoms in total. The van der Waals surface area contributed by atoms with Crippen molar-refractivity contribution in [3.8, 4) is 22.9 Å². The zero-order valence-corrected chi connectivity index (χ0v) is 14.4. The molecular weight excluding hydrogens is 354 g/mol. The summed E-state index contributed by atoms with van der Waals surface area (Å²) in [5.41, 5.74) is 2.01. The standard InChI is InChI=1S/C18H15N3O6/c1-11-19-18(20-27-11)12-2-4-16(5-3-12)25-9-14-7-15(21(22)23)6-13-8-24-10-26-17(13)14/h2-7H,8-10H2,1H3. The molecule has 0 N–H and O–H groups in total. The van der Waals surface area contributed by atoms with Crippen LogP contribution in [0.5, 0.6) is 11.5 Å². The molecule has 0 fully saturated rings. The Kier molecular flexibility index (Phi) is 4.43. The van der Waals surface area contributed by atoms with Crippen molar-refractivity contribution in [2.45, 2.75) is 20.1 Å². The number of rotatable bonds is 5. The molecule has 27 heavy (non-hydrogen) atoms. The van der Waals surface area contributed by atoms with Crippen LogP contribution in [-0.2, 0) is 18.0 Å². The van der Waals surface area contributed by atoms with Gasteiger partial charge in [-0.3, -0.25) is 10.1 Å². The average molecular weight is 369 g/mol. The van der Waals surface area contributed by atoms with Gasteiger partial charge in [0, 0.05) is 35.7 Å². The monoisotopic (exact) mass is 369 g/mol. The van der Waals surface area contributed by atoms with Gasteiger partial charge in [-0.2, -0.15) is 4.98 Å². The zero-order valence-electron chi connectivity index (χ0n) is 14.4. The highest BCUT2D eigenvalue weighted by Crippen LogP contribution is 2.33. The highest BCUT2D eigenvalue weighted by Gasteiger charge is 2.21. The fourth-order valence-electron chi connectivity index (χ4n) is 2.77. The number of nitrogens with zero attached hydrogens (tertiary/aromatic N) is 3. The number of hydrogen-bond acceptors (Lipinski definition) is 8. The van der Waals surface area contributed by atoms with Gasteiger partial charge in [0.2, 0.25) is 11.7 Å². The number of hydrogen-bond donors (Lipinski definition) is 0. The van der Waals surface area contributed by atoms with Gasteiger partial charge in [-0.25, -0.2) is 0 Å². The molecule has 9 heteroatoms. The Morgan fingerprint density at radius 3 is 2.78 bits per heavy atom. The van der Waals surface area contributed by atoms with Crippen LogP contribution in [0, 0.1) is 17.0 Å². The van der Waals surface area contributed by atoms with Crippen LogP contribution in [0.4, 0.5) is 5.69 Å². The Morgan fingerprint density at radius 1 is 1.26 bits per heavy atom. The van der Waals surface area contributed by atoms with Crippen LogP contribution < -0.4 is 9.47 Å². The molecule has 0 saturated heterocycles. The van der Waals surface area contributed by atoms with E-state index in [1.807, 2.05) is 12.1 Å². The smallest absolute Gasteiger partial charge is 0.270 e. The molecule has 0 saturated carbocycles. The Hall–Kier alpha value is -3.46. The molecule has 0 unspecified atom stereocenters. The zero-order chi connectivity index (χ0) is 18.8. The van der Waals surface area contributed by atoms with Crippen LogP contribution in [0.1, 0.15) is 17.0 Å². The van der Waals surface area contributed by atoms with Gasteiger partial charge in [0.25, 0.3) is 5.69 Å². The second kappa shape index (κ2) is 7.04. The minimum atomic E-state index is -0.444. The van der Waals surface area contributed by atoms with Crippen LogP contribution in [0.25, 0.3) is 11.4 Å². The molecule has 0 spiro atoms. The summed E-state index contributed by atoms with van der Waals surface area (Å²) in [7, 11) is 0. The summed E-state index contributed by atoms with van der Waals surface area (Å²) in [5, 5.41) is 15.0. The summed E-state index contributed by atoms with van der Waals surface area (Å²) >= 11 is 0. The fraction of sp³-hybridized carbons (Fsp3) is 0.222. The predicted octanol–water partition coefficient (Wildman–Crippen LogP) is 3.40. The van der Waals surface area contributed by atoms with Crippen molar-refractivity contribution in [1.29, 1.82) is 0 Å². The van der Waals surface area contributed by atoms with E-state index in [-0.39, 0.29) is 25.7 Å². The number of benzene rings is 2. The summed E-state index contributed by atoms with van der Waals surface area (Å²) in [6.07, 6.45) is 0. The van der Waals surface area contributed by atoms with Crippen molar-refractivity contribution >= 4 is 5.69 Å². The minimum Gasteiger partial charge on any atom is -0.489 e. The number of fused-ring (bicyclic) bond motifs is 1. The number of non-ortho nitro benzene ring substituents is 1. The molecule has 1 aliphatic heterocycles. The van der Waals surface area contributed by atoms with E-state index in [1.54, 1.807) is 19.1 Å². The van der Waals surface area contributed by atoms with Crippen LogP contribution in [0.15, 0.2) is 40.9 Å². The Balaban J connectivity index is 1.53. The van der Waals surface area contributed by atoms with E-state index in [4.69, 9.17) is 18.7 Å². The normalized spacial score (nSPS) is 12.9. The molecule has 0 bridgehead atoms. The number of nitro benzene ring substituents is 1. The second-order valence-electron chi connectivity index (χ2n) is 5.91. The Labute approximate surface area is 153 Å². The first-order valence-corrected chi connectivity index (χ1v) is 8.14. The van der Waals surface area contributed by atoms with E-state index in [2.05, 4.69) is 10.1 Å². The van der Waals surface area contributed by atoms with Crippen LogP contribution in [0.2, 0.25) is 0 Å². The quantitative estimate of drug-likeness (QED) is 0.497. The Bertz CT molecular complexity index is 983. The van der Waals surface area contributed by atoms with Crippen molar-refractivity contribution in [1.82, 2.24) is 10.1 Å². The first-order valence-electron chi connectivity index (χ1n) is 8.14.